The van der Waals surface area contributed by atoms with Gasteiger partial charge in [0.15, 0.2) is 0 Å². The van der Waals surface area contributed by atoms with Gasteiger partial charge in [-0.15, -0.1) is 0 Å². The molecule has 2 aliphatic rings. The number of carbonyl (C=O) groups is 1. The highest BCUT2D eigenvalue weighted by molar-refractivity contribution is 5.88. The summed E-state index contributed by atoms with van der Waals surface area (Å²) in [6, 6.07) is 17.5. The number of carbonyl (C=O) groups excluding carboxylic acids is 1. The molecule has 8 nitrogen and oxygen atoms in total. The standard InChI is InChI=1S/C24H25N5O3/c1-15(17-10-12-20(13-11-17)32-19-6-4-3-5-7-19)25-22-26-16(2)27-23(28-22)29-21(18-8-9-18)14-31-24(29)30/h3-7,10-13,15,18,21H,8-9,14H2,1-2H3,(H,25,26,27,28)/t15-,21?/m0/s1. The number of benzene rings is 2. The molecule has 2 aromatic carbocycles. The third-order valence-electron chi connectivity index (χ3n) is 5.73. The lowest BCUT2D eigenvalue weighted by Gasteiger charge is -2.20. The molecule has 32 heavy (non-hydrogen) atoms. The Labute approximate surface area is 186 Å². The average molecular weight is 431 g/mol. The predicted octanol–water partition coefficient (Wildman–Crippen LogP) is 4.88. The second kappa shape index (κ2) is 8.45. The molecular weight excluding hydrogens is 406 g/mol. The molecule has 0 bridgehead atoms. The van der Waals surface area contributed by atoms with Crippen molar-refractivity contribution < 1.29 is 14.3 Å². The Morgan fingerprint density at radius 3 is 2.47 bits per heavy atom. The zero-order chi connectivity index (χ0) is 22.1. The molecule has 0 radical (unpaired) electrons. The molecule has 1 aromatic heterocycles. The van der Waals surface area contributed by atoms with Gasteiger partial charge < -0.3 is 14.8 Å². The minimum atomic E-state index is -0.388. The van der Waals surface area contributed by atoms with Gasteiger partial charge in [0.2, 0.25) is 11.9 Å². The number of para-hydroxylation sites is 1. The predicted molar refractivity (Wildman–Crippen MR) is 120 cm³/mol. The summed E-state index contributed by atoms with van der Waals surface area (Å²) in [7, 11) is 0. The largest absolute Gasteiger partial charge is 0.457 e. The van der Waals surface area contributed by atoms with Crippen LogP contribution >= 0.6 is 0 Å². The van der Waals surface area contributed by atoms with Crippen molar-refractivity contribution >= 4 is 18.0 Å². The van der Waals surface area contributed by atoms with Crippen molar-refractivity contribution in [3.8, 4) is 11.5 Å². The number of ether oxygens (including phenoxy) is 2. The van der Waals surface area contributed by atoms with Crippen LogP contribution < -0.4 is 15.0 Å². The van der Waals surface area contributed by atoms with Gasteiger partial charge in [0.25, 0.3) is 0 Å². The summed E-state index contributed by atoms with van der Waals surface area (Å²) in [6.07, 6.45) is 1.82. The highest BCUT2D eigenvalue weighted by Crippen LogP contribution is 2.39. The normalized spacial score (nSPS) is 18.9. The first-order chi connectivity index (χ1) is 15.6. The van der Waals surface area contributed by atoms with E-state index in [0.717, 1.165) is 29.9 Å². The van der Waals surface area contributed by atoms with E-state index >= 15 is 0 Å². The summed E-state index contributed by atoms with van der Waals surface area (Å²) in [4.78, 5) is 27.3. The van der Waals surface area contributed by atoms with Gasteiger partial charge in [-0.25, -0.2) is 9.69 Å². The van der Waals surface area contributed by atoms with Gasteiger partial charge in [0, 0.05) is 0 Å². The first-order valence-corrected chi connectivity index (χ1v) is 10.8. The second-order valence-corrected chi connectivity index (χ2v) is 8.21. The fraction of sp³-hybridized carbons (Fsp3) is 0.333. The zero-order valence-electron chi connectivity index (χ0n) is 18.1. The van der Waals surface area contributed by atoms with Crippen LogP contribution in [0.4, 0.5) is 16.7 Å². The summed E-state index contributed by atoms with van der Waals surface area (Å²) in [5.41, 5.74) is 1.06. The Bertz CT molecular complexity index is 1100. The van der Waals surface area contributed by atoms with Crippen molar-refractivity contribution in [3.05, 3.63) is 66.0 Å². The maximum absolute atomic E-state index is 12.3. The Morgan fingerprint density at radius 1 is 1.03 bits per heavy atom. The fourth-order valence-corrected chi connectivity index (χ4v) is 3.86. The topological polar surface area (TPSA) is 89.5 Å². The van der Waals surface area contributed by atoms with Gasteiger partial charge in [-0.3, -0.25) is 0 Å². The summed E-state index contributed by atoms with van der Waals surface area (Å²) in [6.45, 7) is 4.22. The zero-order valence-corrected chi connectivity index (χ0v) is 18.1. The third-order valence-corrected chi connectivity index (χ3v) is 5.73. The molecule has 1 saturated heterocycles. The molecule has 1 N–H and O–H groups in total. The number of hydrogen-bond acceptors (Lipinski definition) is 7. The van der Waals surface area contributed by atoms with Crippen LogP contribution in [-0.4, -0.2) is 33.7 Å². The van der Waals surface area contributed by atoms with Crippen LogP contribution in [0.2, 0.25) is 0 Å². The molecule has 2 atom stereocenters. The average Bonchev–Trinajstić information content (AvgIpc) is 3.56. The number of anilines is 2. The molecule has 1 aliphatic heterocycles. The van der Waals surface area contributed by atoms with Crippen LogP contribution in [0.15, 0.2) is 54.6 Å². The molecule has 8 heteroatoms. The number of hydrogen-bond donors (Lipinski definition) is 1. The Hall–Kier alpha value is -3.68. The molecule has 2 fully saturated rings. The minimum Gasteiger partial charge on any atom is -0.457 e. The van der Waals surface area contributed by atoms with E-state index in [-0.39, 0.29) is 18.2 Å². The van der Waals surface area contributed by atoms with Crippen molar-refractivity contribution in [1.29, 1.82) is 0 Å². The van der Waals surface area contributed by atoms with Gasteiger partial charge in [-0.05, 0) is 62.4 Å². The summed E-state index contributed by atoms with van der Waals surface area (Å²) in [5, 5.41) is 3.32. The Morgan fingerprint density at radius 2 is 1.75 bits per heavy atom. The van der Waals surface area contributed by atoms with Crippen molar-refractivity contribution in [2.75, 3.05) is 16.8 Å². The van der Waals surface area contributed by atoms with Crippen molar-refractivity contribution in [2.24, 2.45) is 5.92 Å². The van der Waals surface area contributed by atoms with E-state index in [2.05, 4.69) is 20.3 Å². The monoisotopic (exact) mass is 431 g/mol. The van der Waals surface area contributed by atoms with E-state index in [1.807, 2.05) is 61.5 Å². The van der Waals surface area contributed by atoms with Crippen LogP contribution in [0.25, 0.3) is 0 Å². The maximum atomic E-state index is 12.3. The highest BCUT2D eigenvalue weighted by atomic mass is 16.6. The summed E-state index contributed by atoms with van der Waals surface area (Å²) in [5.74, 6) is 3.35. The summed E-state index contributed by atoms with van der Waals surface area (Å²) < 4.78 is 11.1. The summed E-state index contributed by atoms with van der Waals surface area (Å²) >= 11 is 0. The van der Waals surface area contributed by atoms with Crippen LogP contribution in [-0.2, 0) is 4.74 Å². The Kier molecular flexibility index (Phi) is 5.34. The number of nitrogens with zero attached hydrogens (tertiary/aromatic N) is 4. The minimum absolute atomic E-state index is 0.00623. The van der Waals surface area contributed by atoms with Gasteiger partial charge in [-0.1, -0.05) is 30.3 Å². The molecule has 2 heterocycles. The number of rotatable bonds is 7. The first-order valence-electron chi connectivity index (χ1n) is 10.8. The number of aryl methyl sites for hydroxylation is 1. The van der Waals surface area contributed by atoms with Gasteiger partial charge >= 0.3 is 6.09 Å². The number of amides is 1. The molecule has 1 amide bonds. The smallest absolute Gasteiger partial charge is 0.417 e. The van der Waals surface area contributed by atoms with Gasteiger partial charge in [0.1, 0.15) is 23.9 Å². The molecule has 164 valence electrons. The third kappa shape index (κ3) is 4.34. The highest BCUT2D eigenvalue weighted by Gasteiger charge is 2.45. The van der Waals surface area contributed by atoms with E-state index in [1.54, 1.807) is 11.8 Å². The fourth-order valence-electron chi connectivity index (χ4n) is 3.86. The van der Waals surface area contributed by atoms with E-state index in [9.17, 15) is 4.79 Å². The number of cyclic esters (lactones) is 1. The van der Waals surface area contributed by atoms with Crippen molar-refractivity contribution in [2.45, 2.75) is 38.8 Å². The molecule has 1 saturated carbocycles. The molecule has 1 aliphatic carbocycles. The van der Waals surface area contributed by atoms with Crippen LogP contribution in [0.3, 0.4) is 0 Å². The Balaban J connectivity index is 1.30. The van der Waals surface area contributed by atoms with Crippen LogP contribution in [0, 0.1) is 12.8 Å². The quantitative estimate of drug-likeness (QED) is 0.570. The van der Waals surface area contributed by atoms with Gasteiger partial charge in [0.05, 0.1) is 12.1 Å². The van der Waals surface area contributed by atoms with E-state index in [1.165, 1.54) is 0 Å². The van der Waals surface area contributed by atoms with E-state index in [0.29, 0.717) is 30.2 Å². The molecule has 5 rings (SSSR count). The van der Waals surface area contributed by atoms with Gasteiger partial charge in [-0.2, -0.15) is 15.0 Å². The van der Waals surface area contributed by atoms with Crippen LogP contribution in [0.5, 0.6) is 11.5 Å². The van der Waals surface area contributed by atoms with E-state index in [4.69, 9.17) is 9.47 Å². The van der Waals surface area contributed by atoms with Crippen molar-refractivity contribution in [3.63, 3.8) is 0 Å². The second-order valence-electron chi connectivity index (χ2n) is 8.21. The number of nitrogens with one attached hydrogen (secondary N) is 1. The lowest BCUT2D eigenvalue weighted by atomic mass is 10.1. The maximum Gasteiger partial charge on any atom is 0.417 e. The molecule has 0 spiro atoms. The lowest BCUT2D eigenvalue weighted by molar-refractivity contribution is 0.178. The lowest BCUT2D eigenvalue weighted by Crippen LogP contribution is -2.36. The number of aromatic nitrogens is 3. The SMILES string of the molecule is Cc1nc(N[C@@H](C)c2ccc(Oc3ccccc3)cc2)nc(N2C(=O)OCC2C2CC2)n1. The van der Waals surface area contributed by atoms with Crippen LogP contribution in [0.1, 0.15) is 37.2 Å². The van der Waals surface area contributed by atoms with E-state index < -0.39 is 0 Å². The molecule has 3 aromatic rings. The molecular formula is C24H25N5O3. The van der Waals surface area contributed by atoms with Crippen molar-refractivity contribution in [1.82, 2.24) is 15.0 Å². The molecule has 1 unspecified atom stereocenters. The first kappa shape index (κ1) is 20.2.